The molecule has 1 aliphatic rings. The highest BCUT2D eigenvalue weighted by Crippen LogP contribution is 2.47. The summed E-state index contributed by atoms with van der Waals surface area (Å²) in [5, 5.41) is 10.2. The van der Waals surface area contributed by atoms with Gasteiger partial charge < -0.3 is 14.6 Å². The van der Waals surface area contributed by atoms with Gasteiger partial charge in [0.25, 0.3) is 0 Å². The average molecular weight is 229 g/mol. The molecule has 1 N–H and O–H groups in total. The SMILES string of the molecule is CC(C)c1c(O)cc(Cl)c2c1OCCO2. The molecule has 0 saturated heterocycles. The largest absolute Gasteiger partial charge is 0.507 e. The molecule has 0 bridgehead atoms. The Morgan fingerprint density at radius 1 is 1.27 bits per heavy atom. The summed E-state index contributed by atoms with van der Waals surface area (Å²) in [6, 6.07) is 1.50. The third-order valence-electron chi connectivity index (χ3n) is 2.36. The number of hydrogen-bond donors (Lipinski definition) is 1. The Kier molecular flexibility index (Phi) is 2.65. The van der Waals surface area contributed by atoms with Crippen LogP contribution in [0.15, 0.2) is 6.07 Å². The van der Waals surface area contributed by atoms with Crippen LogP contribution in [0.5, 0.6) is 17.2 Å². The summed E-state index contributed by atoms with van der Waals surface area (Å²) in [6.07, 6.45) is 0. The number of phenolic OH excluding ortho intramolecular Hbond substituents is 1. The smallest absolute Gasteiger partial charge is 0.180 e. The molecule has 1 heterocycles. The molecule has 1 aromatic carbocycles. The molecule has 1 aromatic rings. The lowest BCUT2D eigenvalue weighted by Gasteiger charge is -2.24. The molecule has 0 radical (unpaired) electrons. The number of rotatable bonds is 1. The zero-order valence-electron chi connectivity index (χ0n) is 8.71. The van der Waals surface area contributed by atoms with Gasteiger partial charge in [0.15, 0.2) is 11.5 Å². The van der Waals surface area contributed by atoms with Crippen molar-refractivity contribution in [2.75, 3.05) is 13.2 Å². The van der Waals surface area contributed by atoms with Gasteiger partial charge in [-0.15, -0.1) is 0 Å². The van der Waals surface area contributed by atoms with Crippen molar-refractivity contribution < 1.29 is 14.6 Å². The van der Waals surface area contributed by atoms with Gasteiger partial charge in [-0.1, -0.05) is 25.4 Å². The fourth-order valence-corrected chi connectivity index (χ4v) is 1.98. The summed E-state index contributed by atoms with van der Waals surface area (Å²) in [4.78, 5) is 0. The van der Waals surface area contributed by atoms with Gasteiger partial charge in [-0.05, 0) is 5.92 Å². The predicted molar refractivity (Wildman–Crippen MR) is 58.2 cm³/mol. The minimum Gasteiger partial charge on any atom is -0.507 e. The van der Waals surface area contributed by atoms with Crippen molar-refractivity contribution in [3.63, 3.8) is 0 Å². The second kappa shape index (κ2) is 3.81. The van der Waals surface area contributed by atoms with Crippen molar-refractivity contribution in [1.82, 2.24) is 0 Å². The Bertz CT molecular complexity index is 388. The molecule has 4 heteroatoms. The molecule has 0 atom stereocenters. The topological polar surface area (TPSA) is 38.7 Å². The standard InChI is InChI=1S/C11H13ClO3/c1-6(2)9-8(13)5-7(12)10-11(9)15-4-3-14-10/h5-6,13H,3-4H2,1-2H3. The molecule has 82 valence electrons. The molecule has 0 aliphatic carbocycles. The van der Waals surface area contributed by atoms with E-state index < -0.39 is 0 Å². The van der Waals surface area contributed by atoms with Gasteiger partial charge in [-0.2, -0.15) is 0 Å². The van der Waals surface area contributed by atoms with Crippen molar-refractivity contribution in [2.45, 2.75) is 19.8 Å². The van der Waals surface area contributed by atoms with Crippen molar-refractivity contribution in [2.24, 2.45) is 0 Å². The first-order valence-corrected chi connectivity index (χ1v) is 5.30. The lowest BCUT2D eigenvalue weighted by Crippen LogP contribution is -2.17. The average Bonchev–Trinajstić information content (AvgIpc) is 2.17. The highest BCUT2D eigenvalue weighted by Gasteiger charge is 2.24. The number of aromatic hydroxyl groups is 1. The van der Waals surface area contributed by atoms with Gasteiger partial charge in [0, 0.05) is 11.6 Å². The minimum absolute atomic E-state index is 0.165. The van der Waals surface area contributed by atoms with Gasteiger partial charge in [-0.25, -0.2) is 0 Å². The minimum atomic E-state index is 0.165. The van der Waals surface area contributed by atoms with Crippen LogP contribution in [0.3, 0.4) is 0 Å². The monoisotopic (exact) mass is 228 g/mol. The van der Waals surface area contributed by atoms with Gasteiger partial charge in [-0.3, -0.25) is 0 Å². The van der Waals surface area contributed by atoms with Crippen LogP contribution in [0, 0.1) is 0 Å². The molecule has 0 amide bonds. The van der Waals surface area contributed by atoms with Crippen molar-refractivity contribution in [3.8, 4) is 17.2 Å². The maximum atomic E-state index is 9.80. The van der Waals surface area contributed by atoms with Crippen LogP contribution < -0.4 is 9.47 Å². The fraction of sp³-hybridized carbons (Fsp3) is 0.455. The second-order valence-electron chi connectivity index (χ2n) is 3.80. The van der Waals surface area contributed by atoms with E-state index in [4.69, 9.17) is 21.1 Å². The van der Waals surface area contributed by atoms with Gasteiger partial charge in [0.05, 0.1) is 5.02 Å². The third-order valence-corrected chi connectivity index (χ3v) is 2.64. The van der Waals surface area contributed by atoms with E-state index in [1.165, 1.54) is 6.07 Å². The summed E-state index contributed by atoms with van der Waals surface area (Å²) in [7, 11) is 0. The molecule has 0 spiro atoms. The number of benzene rings is 1. The highest BCUT2D eigenvalue weighted by molar-refractivity contribution is 6.32. The lowest BCUT2D eigenvalue weighted by molar-refractivity contribution is 0.168. The lowest BCUT2D eigenvalue weighted by atomic mass is 10.00. The van der Waals surface area contributed by atoms with Crippen LogP contribution in [-0.2, 0) is 0 Å². The van der Waals surface area contributed by atoms with E-state index in [0.29, 0.717) is 29.7 Å². The molecule has 0 unspecified atom stereocenters. The molecule has 1 aliphatic heterocycles. The number of hydrogen-bond acceptors (Lipinski definition) is 3. The van der Waals surface area contributed by atoms with Crippen molar-refractivity contribution in [3.05, 3.63) is 16.7 Å². The normalized spacial score (nSPS) is 14.4. The Labute approximate surface area is 93.6 Å². The Balaban J connectivity index is 2.63. The number of ether oxygens (including phenoxy) is 2. The van der Waals surface area contributed by atoms with Crippen LogP contribution in [0.25, 0.3) is 0 Å². The molecule has 2 rings (SSSR count). The Hall–Kier alpha value is -1.09. The predicted octanol–water partition coefficient (Wildman–Crippen LogP) is 2.94. The number of fused-ring (bicyclic) bond motifs is 1. The van der Waals surface area contributed by atoms with E-state index >= 15 is 0 Å². The van der Waals surface area contributed by atoms with Crippen LogP contribution >= 0.6 is 11.6 Å². The first-order valence-electron chi connectivity index (χ1n) is 4.92. The summed E-state index contributed by atoms with van der Waals surface area (Å²) >= 11 is 5.96. The Morgan fingerprint density at radius 2 is 1.87 bits per heavy atom. The summed E-state index contributed by atoms with van der Waals surface area (Å²) in [5.41, 5.74) is 0.758. The fourth-order valence-electron chi connectivity index (χ4n) is 1.73. The van der Waals surface area contributed by atoms with E-state index in [1.807, 2.05) is 13.8 Å². The summed E-state index contributed by atoms with van der Waals surface area (Å²) in [5.74, 6) is 1.46. The van der Waals surface area contributed by atoms with E-state index in [-0.39, 0.29) is 11.7 Å². The quantitative estimate of drug-likeness (QED) is 0.803. The van der Waals surface area contributed by atoms with Gasteiger partial charge in [0.1, 0.15) is 19.0 Å². The third kappa shape index (κ3) is 1.72. The maximum absolute atomic E-state index is 9.80. The molecule has 0 saturated carbocycles. The van der Waals surface area contributed by atoms with Crippen LogP contribution in [0.4, 0.5) is 0 Å². The second-order valence-corrected chi connectivity index (χ2v) is 4.21. The molecular formula is C11H13ClO3. The van der Waals surface area contributed by atoms with Crippen LogP contribution in [0.2, 0.25) is 5.02 Å². The summed E-state index contributed by atoms with van der Waals surface area (Å²) in [6.45, 7) is 4.96. The Morgan fingerprint density at radius 3 is 2.47 bits per heavy atom. The van der Waals surface area contributed by atoms with Crippen LogP contribution in [-0.4, -0.2) is 18.3 Å². The van der Waals surface area contributed by atoms with Crippen molar-refractivity contribution in [1.29, 1.82) is 0 Å². The van der Waals surface area contributed by atoms with Gasteiger partial charge in [0.2, 0.25) is 0 Å². The van der Waals surface area contributed by atoms with E-state index in [2.05, 4.69) is 0 Å². The van der Waals surface area contributed by atoms with Gasteiger partial charge >= 0.3 is 0 Å². The maximum Gasteiger partial charge on any atom is 0.180 e. The van der Waals surface area contributed by atoms with E-state index in [0.717, 1.165) is 5.56 Å². The molecular weight excluding hydrogens is 216 g/mol. The van der Waals surface area contributed by atoms with E-state index in [9.17, 15) is 5.11 Å². The molecule has 0 aromatic heterocycles. The molecule has 0 fully saturated rings. The highest BCUT2D eigenvalue weighted by atomic mass is 35.5. The van der Waals surface area contributed by atoms with E-state index in [1.54, 1.807) is 0 Å². The first kappa shape index (κ1) is 10.4. The van der Waals surface area contributed by atoms with Crippen LogP contribution in [0.1, 0.15) is 25.3 Å². The zero-order chi connectivity index (χ0) is 11.0. The summed E-state index contributed by atoms with van der Waals surface area (Å²) < 4.78 is 10.9. The molecule has 15 heavy (non-hydrogen) atoms. The number of phenols is 1. The zero-order valence-corrected chi connectivity index (χ0v) is 9.47. The number of halogens is 1. The molecule has 3 nitrogen and oxygen atoms in total. The van der Waals surface area contributed by atoms with Crippen molar-refractivity contribution >= 4 is 11.6 Å². The first-order chi connectivity index (χ1) is 7.11.